The van der Waals surface area contributed by atoms with Crippen molar-refractivity contribution in [2.45, 2.75) is 82.0 Å². The number of rotatable bonds is 4. The van der Waals surface area contributed by atoms with Crippen molar-refractivity contribution >= 4 is 29.0 Å². The molecule has 0 radical (unpaired) electrons. The van der Waals surface area contributed by atoms with Crippen LogP contribution in [0.4, 0.5) is 0 Å². The molecule has 2 aromatic rings. The Morgan fingerprint density at radius 1 is 1.05 bits per heavy atom. The van der Waals surface area contributed by atoms with Gasteiger partial charge in [0.1, 0.15) is 12.3 Å². The predicted molar refractivity (Wildman–Crippen MR) is 155 cm³/mol. The number of ether oxygens (including phenoxy) is 1. The van der Waals surface area contributed by atoms with Gasteiger partial charge in [0.15, 0.2) is 0 Å². The number of cyclic esters (lactones) is 1. The van der Waals surface area contributed by atoms with Crippen molar-refractivity contribution in [1.29, 1.82) is 0 Å². The molecule has 0 spiro atoms. The number of esters is 1. The lowest BCUT2D eigenvalue weighted by atomic mass is 9.41. The van der Waals surface area contributed by atoms with Gasteiger partial charge in [0, 0.05) is 34.9 Å². The number of nitrogens with one attached hydrogen (secondary N) is 1. The van der Waals surface area contributed by atoms with E-state index in [-0.39, 0.29) is 35.8 Å². The molecule has 1 aromatic heterocycles. The van der Waals surface area contributed by atoms with E-state index in [0.717, 1.165) is 35.7 Å². The Balaban J connectivity index is 1.19. The van der Waals surface area contributed by atoms with Gasteiger partial charge >= 0.3 is 5.97 Å². The van der Waals surface area contributed by atoms with Gasteiger partial charge in [0.05, 0.1) is 22.8 Å². The van der Waals surface area contributed by atoms with Crippen molar-refractivity contribution in [2.24, 2.45) is 33.7 Å². The van der Waals surface area contributed by atoms with Crippen LogP contribution in [0.15, 0.2) is 53.1 Å². The first-order chi connectivity index (χ1) is 20.1. The van der Waals surface area contributed by atoms with E-state index in [4.69, 9.17) is 4.74 Å². The smallest absolute Gasteiger partial charge is 0.331 e. The fraction of sp³-hybridized carbons (Fsp3) is 0.576. The number of benzene rings is 1. The summed E-state index contributed by atoms with van der Waals surface area (Å²) in [5.74, 6) is -0.829. The second-order valence-electron chi connectivity index (χ2n) is 13.6. The Morgan fingerprint density at radius 2 is 1.86 bits per heavy atom. The maximum atomic E-state index is 13.1. The molecule has 0 bridgehead atoms. The molecule has 1 aliphatic heterocycles. The highest BCUT2D eigenvalue weighted by molar-refractivity contribution is 5.95. The Kier molecular flexibility index (Phi) is 6.39. The molecule has 4 aliphatic carbocycles. The molecule has 2 heterocycles. The summed E-state index contributed by atoms with van der Waals surface area (Å²) in [5.41, 5.74) is 1.22. The summed E-state index contributed by atoms with van der Waals surface area (Å²) in [6.45, 7) is 2.46. The topological polar surface area (TPSA) is 141 Å². The fourth-order valence-corrected chi connectivity index (χ4v) is 9.82. The summed E-state index contributed by atoms with van der Waals surface area (Å²) in [6.07, 6.45) is 8.00. The minimum Gasteiger partial charge on any atom is -0.458 e. The molecule has 9 nitrogen and oxygen atoms in total. The van der Waals surface area contributed by atoms with Crippen LogP contribution < -0.4 is 5.43 Å². The first kappa shape index (κ1) is 27.7. The van der Waals surface area contributed by atoms with Crippen LogP contribution in [-0.4, -0.2) is 62.3 Å². The Labute approximate surface area is 245 Å². The van der Waals surface area contributed by atoms with Crippen LogP contribution in [0.25, 0.3) is 10.9 Å². The molecule has 9 heteroatoms. The van der Waals surface area contributed by atoms with Gasteiger partial charge in [-0.2, -0.15) is 5.10 Å². The largest absolute Gasteiger partial charge is 0.458 e. The van der Waals surface area contributed by atoms with Crippen molar-refractivity contribution in [1.82, 2.24) is 10.4 Å². The molecule has 4 fully saturated rings. The molecular weight excluding hydrogens is 534 g/mol. The molecule has 1 aromatic carbocycles. The number of aliphatic hydroxyl groups excluding tert-OH is 1. The predicted octanol–water partition coefficient (Wildman–Crippen LogP) is 3.66. The molecule has 4 N–H and O–H groups in total. The van der Waals surface area contributed by atoms with Gasteiger partial charge in [-0.25, -0.2) is 15.2 Å². The molecule has 7 rings (SSSR count). The lowest BCUT2D eigenvalue weighted by molar-refractivity contribution is -0.237. The number of hydrazone groups is 1. The van der Waals surface area contributed by atoms with Gasteiger partial charge in [0.25, 0.3) is 5.91 Å². The highest BCUT2D eigenvalue weighted by Crippen LogP contribution is 2.70. The van der Waals surface area contributed by atoms with Gasteiger partial charge in [-0.05, 0) is 86.8 Å². The van der Waals surface area contributed by atoms with Crippen molar-refractivity contribution < 1.29 is 29.6 Å². The molecule has 1 amide bonds. The van der Waals surface area contributed by atoms with E-state index in [1.165, 1.54) is 0 Å². The number of carbonyl (C=O) groups excluding carboxylic acids is 2. The minimum atomic E-state index is -1.20. The normalized spacial score (nSPS) is 41.1. The van der Waals surface area contributed by atoms with Gasteiger partial charge in [-0.3, -0.25) is 4.79 Å². The number of aromatic nitrogens is 1. The fourth-order valence-electron chi connectivity index (χ4n) is 9.82. The monoisotopic (exact) mass is 573 g/mol. The zero-order valence-electron chi connectivity index (χ0n) is 24.0. The van der Waals surface area contributed by atoms with E-state index in [9.17, 15) is 24.9 Å². The van der Waals surface area contributed by atoms with E-state index in [0.29, 0.717) is 38.7 Å². The first-order valence-corrected chi connectivity index (χ1v) is 15.3. The van der Waals surface area contributed by atoms with E-state index in [1.807, 2.05) is 30.3 Å². The number of amides is 1. The highest BCUT2D eigenvalue weighted by Gasteiger charge is 2.71. The second-order valence-corrected chi connectivity index (χ2v) is 13.6. The van der Waals surface area contributed by atoms with Gasteiger partial charge in [-0.15, -0.1) is 0 Å². The number of hydrogen-bond acceptors (Lipinski definition) is 8. The summed E-state index contributed by atoms with van der Waals surface area (Å²) < 4.78 is 5.24. The quantitative estimate of drug-likeness (QED) is 0.249. The number of nitrogens with zero attached hydrogens (tertiary/aromatic N) is 2. The lowest BCUT2D eigenvalue weighted by Crippen LogP contribution is -2.68. The summed E-state index contributed by atoms with van der Waals surface area (Å²) in [7, 11) is 0. The summed E-state index contributed by atoms with van der Waals surface area (Å²) >= 11 is 0. The van der Waals surface area contributed by atoms with Gasteiger partial charge in [0.2, 0.25) is 0 Å². The van der Waals surface area contributed by atoms with E-state index >= 15 is 0 Å². The van der Waals surface area contributed by atoms with Crippen LogP contribution in [0.3, 0.4) is 0 Å². The van der Waals surface area contributed by atoms with E-state index < -0.39 is 34.0 Å². The minimum absolute atomic E-state index is 0.0715. The van der Waals surface area contributed by atoms with Crippen molar-refractivity contribution in [3.05, 3.63) is 53.7 Å². The molecule has 42 heavy (non-hydrogen) atoms. The lowest BCUT2D eigenvalue weighted by Gasteiger charge is -2.65. The summed E-state index contributed by atoms with van der Waals surface area (Å²) in [6, 6.07) is 11.1. The molecule has 4 saturated carbocycles. The summed E-state index contributed by atoms with van der Waals surface area (Å²) in [4.78, 5) is 29.4. The Hall–Kier alpha value is -3.14. The number of fused-ring (bicyclic) bond motifs is 6. The third-order valence-electron chi connectivity index (χ3n) is 11.9. The van der Waals surface area contributed by atoms with Crippen molar-refractivity contribution in [2.75, 3.05) is 6.61 Å². The van der Waals surface area contributed by atoms with Gasteiger partial charge < -0.3 is 20.1 Å². The standard InChI is InChI=1S/C33H39N3O6/c1-30-12-9-24-25(33(30,41)15-11-23(30)21-16-28(38)42-18-21)10-14-32(40)17-22(37)8-13-31(24,32)19-34-36-29(39)27-7-6-20-4-2-3-5-26(20)35-27/h2-7,16,19,22-25,37,40-41H,8-15,17-18H2,1H3,(H,36,39)/b34-19-/t22-,23-,24+,25-,30-,31+,32-,33-/m1/s1. The highest BCUT2D eigenvalue weighted by atomic mass is 16.5. The average molecular weight is 574 g/mol. The van der Waals surface area contributed by atoms with Crippen LogP contribution in [-0.2, 0) is 9.53 Å². The van der Waals surface area contributed by atoms with E-state index in [1.54, 1.807) is 18.4 Å². The van der Waals surface area contributed by atoms with Crippen LogP contribution in [0.1, 0.15) is 75.2 Å². The van der Waals surface area contributed by atoms with Crippen LogP contribution in [0, 0.1) is 28.6 Å². The third-order valence-corrected chi connectivity index (χ3v) is 11.9. The van der Waals surface area contributed by atoms with Crippen molar-refractivity contribution in [3.8, 4) is 0 Å². The Morgan fingerprint density at radius 3 is 2.67 bits per heavy atom. The molecule has 5 aliphatic rings. The van der Waals surface area contributed by atoms with Crippen LogP contribution in [0.2, 0.25) is 0 Å². The molecule has 0 unspecified atom stereocenters. The maximum Gasteiger partial charge on any atom is 0.331 e. The van der Waals surface area contributed by atoms with Crippen LogP contribution >= 0.6 is 0 Å². The van der Waals surface area contributed by atoms with Crippen LogP contribution in [0.5, 0.6) is 0 Å². The molecule has 222 valence electrons. The number of hydrogen-bond donors (Lipinski definition) is 4. The van der Waals surface area contributed by atoms with Gasteiger partial charge in [-0.1, -0.05) is 31.2 Å². The zero-order chi connectivity index (χ0) is 29.3. The van der Waals surface area contributed by atoms with Crippen molar-refractivity contribution in [3.63, 3.8) is 0 Å². The molecular formula is C33H39N3O6. The van der Waals surface area contributed by atoms with E-state index in [2.05, 4.69) is 22.4 Å². The Bertz CT molecular complexity index is 1510. The zero-order valence-corrected chi connectivity index (χ0v) is 24.0. The summed E-state index contributed by atoms with van der Waals surface area (Å²) in [5, 5.41) is 40.7. The molecule has 0 saturated heterocycles. The SMILES string of the molecule is C[C@]12CC[C@H]3[C@@H](CC[C@@]4(O)C[C@H](O)CC[C@]34/C=N\NC(=O)c3ccc4ccccc4n3)[C@]1(O)CC[C@@H]2C1=CC(=O)OC1. The third kappa shape index (κ3) is 3.93. The number of carbonyl (C=O) groups is 2. The second kappa shape index (κ2) is 9.69. The number of para-hydroxylation sites is 1. The first-order valence-electron chi connectivity index (χ1n) is 15.3. The average Bonchev–Trinajstić information content (AvgIpc) is 3.52. The maximum absolute atomic E-state index is 13.1. The number of aliphatic hydroxyl groups is 3. The molecule has 8 atom stereocenters. The number of pyridine rings is 1.